The van der Waals surface area contributed by atoms with Crippen LogP contribution in [0.3, 0.4) is 0 Å². The predicted molar refractivity (Wildman–Crippen MR) is 319 cm³/mol. The van der Waals surface area contributed by atoms with Crippen LogP contribution in [0.1, 0.15) is 354 Å². The molecule has 1 amide bonds. The Morgan fingerprint density at radius 3 is 0.973 bits per heavy atom. The minimum absolute atomic E-state index is 0.00630. The first kappa shape index (κ1) is 71.1. The van der Waals surface area contributed by atoms with Crippen molar-refractivity contribution in [3.63, 3.8) is 0 Å². The second kappa shape index (κ2) is 62.6. The Balaban J connectivity index is 3.43. The number of rotatable bonds is 61. The van der Waals surface area contributed by atoms with Crippen LogP contribution in [-0.2, 0) is 14.3 Å². The van der Waals surface area contributed by atoms with Crippen molar-refractivity contribution in [2.45, 2.75) is 366 Å². The van der Waals surface area contributed by atoms with Crippen LogP contribution in [0.25, 0.3) is 0 Å². The van der Waals surface area contributed by atoms with Crippen molar-refractivity contribution in [2.24, 2.45) is 0 Å². The third-order valence-electron chi connectivity index (χ3n) is 15.1. The molecule has 0 aliphatic rings. The van der Waals surface area contributed by atoms with E-state index in [0.29, 0.717) is 19.4 Å². The summed E-state index contributed by atoms with van der Waals surface area (Å²) in [6, 6.07) is -0.634. The Bertz CT molecular complexity index is 1180. The average molecular weight is 1030 g/mol. The van der Waals surface area contributed by atoms with Crippen LogP contribution in [0.15, 0.2) is 36.5 Å². The summed E-state index contributed by atoms with van der Waals surface area (Å²) in [5.74, 6) is -0.0668. The molecule has 0 aromatic heterocycles. The Kier molecular flexibility index (Phi) is 61.0. The number of ether oxygens (including phenoxy) is 1. The third kappa shape index (κ3) is 59.2. The molecule has 73 heavy (non-hydrogen) atoms. The monoisotopic (exact) mass is 1030 g/mol. The molecule has 0 saturated heterocycles. The number of amides is 1. The van der Waals surface area contributed by atoms with Gasteiger partial charge in [0.05, 0.1) is 25.4 Å². The first-order valence-corrected chi connectivity index (χ1v) is 32.8. The molecule has 2 atom stereocenters. The molecule has 3 N–H and O–H groups in total. The lowest BCUT2D eigenvalue weighted by Gasteiger charge is -2.20. The van der Waals surface area contributed by atoms with E-state index in [1.165, 1.54) is 276 Å². The van der Waals surface area contributed by atoms with Crippen LogP contribution in [0, 0.1) is 0 Å². The summed E-state index contributed by atoms with van der Waals surface area (Å²) in [5, 5.41) is 23.2. The SMILES string of the molecule is CCCCCCCC/C=C\CCCCCCCCCC(=O)OCCCCCCCCCCCCC/C=C\CCCCCCCCCC(=O)NC(CO)C(O)/C=C/CCCCCCCCCCCCCCCCC. The molecule has 6 heteroatoms. The molecule has 0 spiro atoms. The van der Waals surface area contributed by atoms with Gasteiger partial charge in [0.15, 0.2) is 0 Å². The fourth-order valence-electron chi connectivity index (χ4n) is 10.1. The lowest BCUT2D eigenvalue weighted by Crippen LogP contribution is -2.45. The van der Waals surface area contributed by atoms with Crippen molar-refractivity contribution in [3.8, 4) is 0 Å². The summed E-state index contributed by atoms with van der Waals surface area (Å²) in [5.41, 5.74) is 0. The van der Waals surface area contributed by atoms with E-state index in [2.05, 4.69) is 43.5 Å². The summed E-state index contributed by atoms with van der Waals surface area (Å²) in [6.07, 6.45) is 79.1. The molecule has 6 nitrogen and oxygen atoms in total. The Labute approximate surface area is 455 Å². The van der Waals surface area contributed by atoms with Gasteiger partial charge in [0.25, 0.3) is 0 Å². The maximum absolute atomic E-state index is 12.5. The quantitative estimate of drug-likeness (QED) is 0.0320. The van der Waals surface area contributed by atoms with E-state index in [1.807, 2.05) is 6.08 Å². The number of esters is 1. The number of hydrogen-bond acceptors (Lipinski definition) is 5. The Hall–Kier alpha value is -1.92. The van der Waals surface area contributed by atoms with Gasteiger partial charge in [-0.1, -0.05) is 294 Å². The average Bonchev–Trinajstić information content (AvgIpc) is 3.39. The highest BCUT2D eigenvalue weighted by atomic mass is 16.5. The highest BCUT2D eigenvalue weighted by Gasteiger charge is 2.18. The van der Waals surface area contributed by atoms with E-state index in [-0.39, 0.29) is 18.5 Å². The lowest BCUT2D eigenvalue weighted by molar-refractivity contribution is -0.143. The van der Waals surface area contributed by atoms with Crippen molar-refractivity contribution in [1.29, 1.82) is 0 Å². The van der Waals surface area contributed by atoms with Crippen LogP contribution >= 0.6 is 0 Å². The number of carbonyl (C=O) groups is 2. The standard InChI is InChI=1S/C67H127NO5/c1-3-5-7-9-11-13-15-17-19-27-31-35-39-43-47-51-55-59-65(70)64(63-69)68-66(71)60-56-52-48-44-40-36-32-29-25-23-21-22-24-26-30-34-38-42-46-50-54-58-62-73-67(72)61-57-53-49-45-41-37-33-28-20-18-16-14-12-10-8-6-4-2/h18,20,23,25,55,59,64-65,69-70H,3-17,19,21-22,24,26-54,56-58,60-63H2,1-2H3,(H,68,71)/b20-18-,25-23-,59-55+. The van der Waals surface area contributed by atoms with Gasteiger partial charge in [0.1, 0.15) is 0 Å². The van der Waals surface area contributed by atoms with Gasteiger partial charge in [0.2, 0.25) is 5.91 Å². The molecule has 0 aliphatic carbocycles. The van der Waals surface area contributed by atoms with Crippen LogP contribution in [0.4, 0.5) is 0 Å². The summed E-state index contributed by atoms with van der Waals surface area (Å²) in [7, 11) is 0. The largest absolute Gasteiger partial charge is 0.466 e. The molecule has 0 saturated carbocycles. The predicted octanol–water partition coefficient (Wildman–Crippen LogP) is 20.8. The molecule has 0 heterocycles. The lowest BCUT2D eigenvalue weighted by atomic mass is 10.0. The molecule has 0 aromatic carbocycles. The van der Waals surface area contributed by atoms with E-state index >= 15 is 0 Å². The van der Waals surface area contributed by atoms with E-state index < -0.39 is 12.1 Å². The number of nitrogens with one attached hydrogen (secondary N) is 1. The second-order valence-electron chi connectivity index (χ2n) is 22.4. The zero-order chi connectivity index (χ0) is 52.9. The van der Waals surface area contributed by atoms with Crippen LogP contribution < -0.4 is 5.32 Å². The summed E-state index contributed by atoms with van der Waals surface area (Å²) >= 11 is 0. The summed E-state index contributed by atoms with van der Waals surface area (Å²) in [4.78, 5) is 24.6. The van der Waals surface area contributed by atoms with Crippen molar-refractivity contribution in [3.05, 3.63) is 36.5 Å². The van der Waals surface area contributed by atoms with Crippen molar-refractivity contribution in [1.82, 2.24) is 5.32 Å². The molecule has 0 bridgehead atoms. The molecule has 2 unspecified atom stereocenters. The minimum atomic E-state index is -0.849. The van der Waals surface area contributed by atoms with Gasteiger partial charge in [-0.25, -0.2) is 0 Å². The first-order chi connectivity index (χ1) is 36.0. The molecule has 0 aliphatic heterocycles. The fourth-order valence-corrected chi connectivity index (χ4v) is 10.1. The number of carbonyl (C=O) groups excluding carboxylic acids is 2. The number of unbranched alkanes of at least 4 members (excludes halogenated alkanes) is 46. The van der Waals surface area contributed by atoms with Gasteiger partial charge in [-0.05, 0) is 83.5 Å². The number of aliphatic hydroxyl groups is 2. The molecule has 0 aromatic rings. The zero-order valence-electron chi connectivity index (χ0n) is 49.1. The van der Waals surface area contributed by atoms with Gasteiger partial charge in [0, 0.05) is 12.8 Å². The highest BCUT2D eigenvalue weighted by Crippen LogP contribution is 2.17. The van der Waals surface area contributed by atoms with E-state index in [4.69, 9.17) is 4.74 Å². The van der Waals surface area contributed by atoms with Gasteiger partial charge >= 0.3 is 5.97 Å². The molecular weight excluding hydrogens is 899 g/mol. The number of allylic oxidation sites excluding steroid dienone is 5. The molecule has 0 rings (SSSR count). The third-order valence-corrected chi connectivity index (χ3v) is 15.1. The molecule has 430 valence electrons. The van der Waals surface area contributed by atoms with Crippen molar-refractivity contribution in [2.75, 3.05) is 13.2 Å². The Morgan fingerprint density at radius 2 is 0.644 bits per heavy atom. The van der Waals surface area contributed by atoms with Gasteiger partial charge in [-0.3, -0.25) is 9.59 Å². The maximum Gasteiger partial charge on any atom is 0.305 e. The van der Waals surface area contributed by atoms with Gasteiger partial charge in [-0.15, -0.1) is 0 Å². The first-order valence-electron chi connectivity index (χ1n) is 32.8. The van der Waals surface area contributed by atoms with Crippen molar-refractivity contribution >= 4 is 11.9 Å². The van der Waals surface area contributed by atoms with Crippen LogP contribution in [0.2, 0.25) is 0 Å². The maximum atomic E-state index is 12.5. The molecule has 0 radical (unpaired) electrons. The van der Waals surface area contributed by atoms with E-state index in [9.17, 15) is 19.8 Å². The highest BCUT2D eigenvalue weighted by molar-refractivity contribution is 5.76. The number of aliphatic hydroxyl groups excluding tert-OH is 2. The summed E-state index contributed by atoms with van der Waals surface area (Å²) < 4.78 is 5.49. The van der Waals surface area contributed by atoms with E-state index in [1.54, 1.807) is 6.08 Å². The summed E-state index contributed by atoms with van der Waals surface area (Å²) in [6.45, 7) is 4.91. The zero-order valence-corrected chi connectivity index (χ0v) is 49.1. The molecule has 0 fully saturated rings. The smallest absolute Gasteiger partial charge is 0.305 e. The topological polar surface area (TPSA) is 95.9 Å². The normalized spacial score (nSPS) is 12.8. The van der Waals surface area contributed by atoms with Gasteiger partial charge in [-0.2, -0.15) is 0 Å². The minimum Gasteiger partial charge on any atom is -0.466 e. The number of hydrogen-bond donors (Lipinski definition) is 3. The van der Waals surface area contributed by atoms with Crippen LogP contribution in [-0.4, -0.2) is 47.4 Å². The van der Waals surface area contributed by atoms with Crippen molar-refractivity contribution < 1.29 is 24.5 Å². The van der Waals surface area contributed by atoms with Crippen LogP contribution in [0.5, 0.6) is 0 Å². The van der Waals surface area contributed by atoms with E-state index in [0.717, 1.165) is 51.4 Å². The molecular formula is C67H127NO5. The van der Waals surface area contributed by atoms with Gasteiger partial charge < -0.3 is 20.3 Å². The second-order valence-corrected chi connectivity index (χ2v) is 22.4. The fraction of sp³-hybridized carbons (Fsp3) is 0.881. The Morgan fingerprint density at radius 1 is 0.370 bits per heavy atom.